The van der Waals surface area contributed by atoms with Crippen LogP contribution < -0.4 is 10.1 Å². The van der Waals surface area contributed by atoms with Crippen LogP contribution in [0.25, 0.3) is 0 Å². The molecule has 2 aromatic rings. The molecule has 2 aromatic carbocycles. The Bertz CT molecular complexity index is 555. The topological polar surface area (TPSA) is 41.5 Å². The van der Waals surface area contributed by atoms with E-state index in [-0.39, 0.29) is 11.8 Å². The number of hydrogen-bond donors (Lipinski definition) is 2. The Morgan fingerprint density at radius 3 is 2.47 bits per heavy atom. The number of methoxy groups -OCH3 is 1. The molecule has 0 fully saturated rings. The van der Waals surface area contributed by atoms with Crippen LogP contribution in [0, 0.1) is 0 Å². The van der Waals surface area contributed by atoms with Crippen LogP contribution in [0.5, 0.6) is 11.5 Å². The van der Waals surface area contributed by atoms with Gasteiger partial charge in [0.1, 0.15) is 11.5 Å². The van der Waals surface area contributed by atoms with Crippen LogP contribution in [0.4, 0.5) is 5.69 Å². The number of benzene rings is 2. The van der Waals surface area contributed by atoms with E-state index in [1.165, 1.54) is 0 Å². The molecule has 19 heavy (non-hydrogen) atoms. The zero-order valence-electron chi connectivity index (χ0n) is 10.9. The minimum atomic E-state index is -0.0451. The predicted octanol–water partition coefficient (Wildman–Crippen LogP) is 4.23. The van der Waals surface area contributed by atoms with Gasteiger partial charge in [0, 0.05) is 16.3 Å². The lowest BCUT2D eigenvalue weighted by Gasteiger charge is -2.17. The number of halogens is 1. The fourth-order valence-corrected chi connectivity index (χ4v) is 2.01. The lowest BCUT2D eigenvalue weighted by molar-refractivity contribution is 0.410. The summed E-state index contributed by atoms with van der Waals surface area (Å²) in [6, 6.07) is 12.6. The largest absolute Gasteiger partial charge is 0.508 e. The average molecular weight is 278 g/mol. The highest BCUT2D eigenvalue weighted by Crippen LogP contribution is 2.30. The first kappa shape index (κ1) is 13.6. The monoisotopic (exact) mass is 277 g/mol. The third-order valence-corrected chi connectivity index (χ3v) is 3.18. The summed E-state index contributed by atoms with van der Waals surface area (Å²) in [4.78, 5) is 0. The van der Waals surface area contributed by atoms with E-state index >= 15 is 0 Å². The molecule has 1 atom stereocenters. The maximum absolute atomic E-state index is 9.91. The van der Waals surface area contributed by atoms with Crippen molar-refractivity contribution >= 4 is 17.3 Å². The molecule has 2 N–H and O–H groups in total. The van der Waals surface area contributed by atoms with E-state index in [9.17, 15) is 5.11 Å². The second kappa shape index (κ2) is 5.85. The first-order valence-corrected chi connectivity index (χ1v) is 6.37. The van der Waals surface area contributed by atoms with Gasteiger partial charge in [-0.3, -0.25) is 0 Å². The molecule has 1 unspecified atom stereocenters. The van der Waals surface area contributed by atoms with Crippen LogP contribution in [0.2, 0.25) is 5.02 Å². The van der Waals surface area contributed by atoms with E-state index in [0.717, 1.165) is 17.0 Å². The second-order valence-electron chi connectivity index (χ2n) is 4.30. The summed E-state index contributed by atoms with van der Waals surface area (Å²) in [5.41, 5.74) is 1.73. The Balaban J connectivity index is 2.19. The molecule has 0 saturated carbocycles. The quantitative estimate of drug-likeness (QED) is 0.879. The summed E-state index contributed by atoms with van der Waals surface area (Å²) in [7, 11) is 1.60. The molecular weight excluding hydrogens is 262 g/mol. The van der Waals surface area contributed by atoms with E-state index in [2.05, 4.69) is 5.32 Å². The molecule has 0 heterocycles. The van der Waals surface area contributed by atoms with Crippen molar-refractivity contribution in [2.75, 3.05) is 12.4 Å². The maximum Gasteiger partial charge on any atom is 0.121 e. The number of phenols is 1. The number of hydrogen-bond acceptors (Lipinski definition) is 3. The van der Waals surface area contributed by atoms with E-state index < -0.39 is 0 Å². The van der Waals surface area contributed by atoms with Gasteiger partial charge in [0.25, 0.3) is 0 Å². The number of ether oxygens (including phenoxy) is 1. The molecule has 0 spiro atoms. The van der Waals surface area contributed by atoms with Crippen LogP contribution in [0.15, 0.2) is 42.5 Å². The Morgan fingerprint density at radius 1 is 1.16 bits per heavy atom. The Hall–Kier alpha value is -1.87. The van der Waals surface area contributed by atoms with Crippen LogP contribution in [-0.4, -0.2) is 12.2 Å². The van der Waals surface area contributed by atoms with Crippen molar-refractivity contribution in [1.82, 2.24) is 0 Å². The van der Waals surface area contributed by atoms with Crippen molar-refractivity contribution in [3.8, 4) is 11.5 Å². The van der Waals surface area contributed by atoms with Crippen LogP contribution >= 0.6 is 11.6 Å². The van der Waals surface area contributed by atoms with Gasteiger partial charge < -0.3 is 15.2 Å². The van der Waals surface area contributed by atoms with Gasteiger partial charge in [0.2, 0.25) is 0 Å². The first-order valence-electron chi connectivity index (χ1n) is 5.99. The molecule has 100 valence electrons. The van der Waals surface area contributed by atoms with E-state index in [1.54, 1.807) is 19.2 Å². The van der Waals surface area contributed by atoms with Crippen molar-refractivity contribution in [3.05, 3.63) is 53.1 Å². The van der Waals surface area contributed by atoms with E-state index in [4.69, 9.17) is 16.3 Å². The van der Waals surface area contributed by atoms with Gasteiger partial charge in [-0.2, -0.15) is 0 Å². The zero-order chi connectivity index (χ0) is 13.8. The molecule has 0 aliphatic carbocycles. The van der Waals surface area contributed by atoms with Gasteiger partial charge in [0.15, 0.2) is 0 Å². The number of rotatable bonds is 4. The van der Waals surface area contributed by atoms with Crippen LogP contribution in [0.3, 0.4) is 0 Å². The summed E-state index contributed by atoms with van der Waals surface area (Å²) < 4.78 is 5.17. The molecule has 2 rings (SSSR count). The lowest BCUT2D eigenvalue weighted by atomic mass is 10.1. The van der Waals surface area contributed by atoms with Gasteiger partial charge >= 0.3 is 0 Å². The number of aromatic hydroxyl groups is 1. The molecular formula is C15H16ClNO2. The Kier molecular flexibility index (Phi) is 4.17. The molecule has 0 bridgehead atoms. The van der Waals surface area contributed by atoms with E-state index in [1.807, 2.05) is 37.3 Å². The number of anilines is 1. The molecule has 0 aromatic heterocycles. The van der Waals surface area contributed by atoms with Crippen molar-refractivity contribution < 1.29 is 9.84 Å². The zero-order valence-corrected chi connectivity index (χ0v) is 11.6. The van der Waals surface area contributed by atoms with Gasteiger partial charge in [0.05, 0.1) is 13.2 Å². The normalized spacial score (nSPS) is 11.9. The van der Waals surface area contributed by atoms with Crippen molar-refractivity contribution in [3.63, 3.8) is 0 Å². The summed E-state index contributed by atoms with van der Waals surface area (Å²) in [6.45, 7) is 1.98. The highest BCUT2D eigenvalue weighted by atomic mass is 35.5. The predicted molar refractivity (Wildman–Crippen MR) is 78.1 cm³/mol. The number of phenolic OH excluding ortho intramolecular Hbond substituents is 1. The fourth-order valence-electron chi connectivity index (χ4n) is 1.88. The van der Waals surface area contributed by atoms with Gasteiger partial charge in [-0.15, -0.1) is 0 Å². The van der Waals surface area contributed by atoms with Gasteiger partial charge in [-0.05, 0) is 49.4 Å². The minimum Gasteiger partial charge on any atom is -0.508 e. The van der Waals surface area contributed by atoms with Crippen LogP contribution in [-0.2, 0) is 0 Å². The summed E-state index contributed by atoms with van der Waals surface area (Å²) in [5, 5.41) is 13.9. The molecule has 4 heteroatoms. The Labute approximate surface area is 117 Å². The molecule has 3 nitrogen and oxygen atoms in total. The maximum atomic E-state index is 9.91. The summed E-state index contributed by atoms with van der Waals surface area (Å²) in [5.74, 6) is 0.965. The third kappa shape index (κ3) is 3.32. The number of nitrogens with one attached hydrogen (secondary N) is 1. The lowest BCUT2D eigenvalue weighted by Crippen LogP contribution is -2.07. The smallest absolute Gasteiger partial charge is 0.121 e. The van der Waals surface area contributed by atoms with Gasteiger partial charge in [-0.25, -0.2) is 0 Å². The highest BCUT2D eigenvalue weighted by molar-refractivity contribution is 6.30. The third-order valence-electron chi connectivity index (χ3n) is 2.93. The second-order valence-corrected chi connectivity index (χ2v) is 4.73. The molecule has 0 radical (unpaired) electrons. The molecule has 0 saturated heterocycles. The Morgan fingerprint density at radius 2 is 1.84 bits per heavy atom. The van der Waals surface area contributed by atoms with Crippen LogP contribution in [0.1, 0.15) is 18.5 Å². The SMILES string of the molecule is COc1ccc(O)c(C(C)Nc2ccc(Cl)cc2)c1. The summed E-state index contributed by atoms with van der Waals surface area (Å²) in [6.07, 6.45) is 0. The summed E-state index contributed by atoms with van der Waals surface area (Å²) >= 11 is 5.85. The van der Waals surface area contributed by atoms with Gasteiger partial charge in [-0.1, -0.05) is 11.6 Å². The standard InChI is InChI=1S/C15H16ClNO2/c1-10(17-12-5-3-11(16)4-6-12)14-9-13(19-2)7-8-15(14)18/h3-10,17-18H,1-2H3. The molecule has 0 aliphatic heterocycles. The molecule has 0 amide bonds. The van der Waals surface area contributed by atoms with Crippen molar-refractivity contribution in [2.24, 2.45) is 0 Å². The van der Waals surface area contributed by atoms with E-state index in [0.29, 0.717) is 5.02 Å². The first-order chi connectivity index (χ1) is 9.10. The molecule has 0 aliphatic rings. The fraction of sp³-hybridized carbons (Fsp3) is 0.200. The van der Waals surface area contributed by atoms with Crippen molar-refractivity contribution in [1.29, 1.82) is 0 Å². The minimum absolute atomic E-state index is 0.0451. The highest BCUT2D eigenvalue weighted by Gasteiger charge is 2.11. The average Bonchev–Trinajstić information content (AvgIpc) is 2.42. The van der Waals surface area contributed by atoms with Crippen molar-refractivity contribution in [2.45, 2.75) is 13.0 Å².